The fourth-order valence-electron chi connectivity index (χ4n) is 2.24. The molecule has 0 unspecified atom stereocenters. The molecule has 2 rings (SSSR count). The van der Waals surface area contributed by atoms with Crippen molar-refractivity contribution in [1.82, 2.24) is 0 Å². The minimum atomic E-state index is -0.119. The fraction of sp³-hybridized carbons (Fsp3) is 0.353. The molecule has 106 valence electrons. The summed E-state index contributed by atoms with van der Waals surface area (Å²) in [4.78, 5) is 12.2. The highest BCUT2D eigenvalue weighted by molar-refractivity contribution is 6.05. The number of benzene rings is 1. The molecule has 1 aromatic carbocycles. The lowest BCUT2D eigenvalue weighted by Crippen LogP contribution is -2.12. The third-order valence-corrected chi connectivity index (χ3v) is 3.29. The molecule has 0 saturated heterocycles. The molecule has 1 heterocycles. The van der Waals surface area contributed by atoms with Gasteiger partial charge in [-0.1, -0.05) is 25.5 Å². The van der Waals surface area contributed by atoms with Crippen LogP contribution >= 0.6 is 0 Å². The SMILES string of the molecule is CCCCc1cccc(NC(=O)c2cc(C)oc2C)c1. The van der Waals surface area contributed by atoms with Crippen LogP contribution in [-0.2, 0) is 6.42 Å². The van der Waals surface area contributed by atoms with Gasteiger partial charge in [-0.05, 0) is 50.5 Å². The van der Waals surface area contributed by atoms with Crippen molar-refractivity contribution in [2.75, 3.05) is 5.32 Å². The normalized spacial score (nSPS) is 10.6. The largest absolute Gasteiger partial charge is 0.466 e. The molecular formula is C17H21NO2. The van der Waals surface area contributed by atoms with Crippen LogP contribution in [0.4, 0.5) is 5.69 Å². The highest BCUT2D eigenvalue weighted by atomic mass is 16.3. The molecule has 0 bridgehead atoms. The van der Waals surface area contributed by atoms with Gasteiger partial charge in [0.25, 0.3) is 5.91 Å². The maximum atomic E-state index is 12.2. The topological polar surface area (TPSA) is 42.2 Å². The molecule has 0 saturated carbocycles. The minimum Gasteiger partial charge on any atom is -0.466 e. The summed E-state index contributed by atoms with van der Waals surface area (Å²) in [7, 11) is 0. The lowest BCUT2D eigenvalue weighted by molar-refractivity contribution is 0.102. The average molecular weight is 271 g/mol. The summed E-state index contributed by atoms with van der Waals surface area (Å²) in [6.45, 7) is 5.82. The summed E-state index contributed by atoms with van der Waals surface area (Å²) in [5.74, 6) is 1.29. The number of furan rings is 1. The molecule has 2 aromatic rings. The fourth-order valence-corrected chi connectivity index (χ4v) is 2.24. The number of carbonyl (C=O) groups is 1. The highest BCUT2D eigenvalue weighted by Gasteiger charge is 2.13. The Morgan fingerprint density at radius 1 is 1.25 bits per heavy atom. The van der Waals surface area contributed by atoms with E-state index >= 15 is 0 Å². The Bertz CT molecular complexity index is 599. The lowest BCUT2D eigenvalue weighted by Gasteiger charge is -2.06. The summed E-state index contributed by atoms with van der Waals surface area (Å²) in [6, 6.07) is 9.80. The molecule has 1 N–H and O–H groups in total. The van der Waals surface area contributed by atoms with Gasteiger partial charge in [-0.2, -0.15) is 0 Å². The van der Waals surface area contributed by atoms with E-state index in [4.69, 9.17) is 4.42 Å². The Hall–Kier alpha value is -2.03. The number of anilines is 1. The Labute approximate surface area is 120 Å². The van der Waals surface area contributed by atoms with Crippen molar-refractivity contribution in [2.45, 2.75) is 40.0 Å². The van der Waals surface area contributed by atoms with Crippen LogP contribution in [0.3, 0.4) is 0 Å². The first kappa shape index (κ1) is 14.4. The van der Waals surface area contributed by atoms with E-state index in [9.17, 15) is 4.79 Å². The van der Waals surface area contributed by atoms with Crippen molar-refractivity contribution < 1.29 is 9.21 Å². The van der Waals surface area contributed by atoms with Crippen LogP contribution in [0.5, 0.6) is 0 Å². The van der Waals surface area contributed by atoms with Gasteiger partial charge in [0.05, 0.1) is 5.56 Å². The van der Waals surface area contributed by atoms with Crippen LogP contribution < -0.4 is 5.32 Å². The van der Waals surface area contributed by atoms with Gasteiger partial charge in [0.1, 0.15) is 11.5 Å². The number of aryl methyl sites for hydroxylation is 3. The van der Waals surface area contributed by atoms with E-state index in [2.05, 4.69) is 18.3 Å². The van der Waals surface area contributed by atoms with Crippen molar-refractivity contribution in [1.29, 1.82) is 0 Å². The van der Waals surface area contributed by atoms with Gasteiger partial charge in [-0.3, -0.25) is 4.79 Å². The van der Waals surface area contributed by atoms with Crippen molar-refractivity contribution in [3.8, 4) is 0 Å². The molecule has 1 aromatic heterocycles. The summed E-state index contributed by atoms with van der Waals surface area (Å²) in [6.07, 6.45) is 3.38. The first-order valence-electron chi connectivity index (χ1n) is 7.07. The van der Waals surface area contributed by atoms with E-state index in [-0.39, 0.29) is 5.91 Å². The van der Waals surface area contributed by atoms with Crippen molar-refractivity contribution in [3.05, 3.63) is 53.0 Å². The molecule has 0 fully saturated rings. The smallest absolute Gasteiger partial charge is 0.259 e. The maximum absolute atomic E-state index is 12.2. The molecule has 0 atom stereocenters. The summed E-state index contributed by atoms with van der Waals surface area (Å²) in [5, 5.41) is 2.93. The van der Waals surface area contributed by atoms with Gasteiger partial charge < -0.3 is 9.73 Å². The number of unbranched alkanes of at least 4 members (excludes halogenated alkanes) is 1. The summed E-state index contributed by atoms with van der Waals surface area (Å²) in [5.41, 5.74) is 2.69. The Morgan fingerprint density at radius 3 is 2.70 bits per heavy atom. The van der Waals surface area contributed by atoms with E-state index in [0.29, 0.717) is 11.3 Å². The predicted molar refractivity (Wildman–Crippen MR) is 81.2 cm³/mol. The maximum Gasteiger partial charge on any atom is 0.259 e. The molecule has 3 heteroatoms. The first-order chi connectivity index (χ1) is 9.60. The molecule has 0 aliphatic heterocycles. The number of hydrogen-bond acceptors (Lipinski definition) is 2. The molecule has 0 aliphatic rings. The molecule has 0 radical (unpaired) electrons. The van der Waals surface area contributed by atoms with Crippen LogP contribution in [0.15, 0.2) is 34.7 Å². The van der Waals surface area contributed by atoms with Crippen LogP contribution in [0.25, 0.3) is 0 Å². The van der Waals surface area contributed by atoms with Crippen LogP contribution in [-0.4, -0.2) is 5.91 Å². The average Bonchev–Trinajstić information content (AvgIpc) is 2.76. The predicted octanol–water partition coefficient (Wildman–Crippen LogP) is 4.49. The van der Waals surface area contributed by atoms with Gasteiger partial charge in [-0.25, -0.2) is 0 Å². The molecule has 20 heavy (non-hydrogen) atoms. The highest BCUT2D eigenvalue weighted by Crippen LogP contribution is 2.17. The molecule has 0 spiro atoms. The van der Waals surface area contributed by atoms with E-state index in [1.54, 1.807) is 13.0 Å². The van der Waals surface area contributed by atoms with Gasteiger partial charge in [0, 0.05) is 5.69 Å². The molecule has 1 amide bonds. The van der Waals surface area contributed by atoms with Crippen molar-refractivity contribution in [3.63, 3.8) is 0 Å². The van der Waals surface area contributed by atoms with Crippen LogP contribution in [0, 0.1) is 13.8 Å². The Morgan fingerprint density at radius 2 is 2.05 bits per heavy atom. The van der Waals surface area contributed by atoms with Crippen molar-refractivity contribution >= 4 is 11.6 Å². The quantitative estimate of drug-likeness (QED) is 0.870. The monoisotopic (exact) mass is 271 g/mol. The zero-order valence-electron chi connectivity index (χ0n) is 12.3. The minimum absolute atomic E-state index is 0.119. The first-order valence-corrected chi connectivity index (χ1v) is 7.07. The lowest BCUT2D eigenvalue weighted by atomic mass is 10.1. The zero-order valence-corrected chi connectivity index (χ0v) is 12.3. The number of hydrogen-bond donors (Lipinski definition) is 1. The van der Waals surface area contributed by atoms with E-state index in [1.807, 2.05) is 25.1 Å². The third kappa shape index (κ3) is 3.50. The van der Waals surface area contributed by atoms with E-state index in [0.717, 1.165) is 24.3 Å². The zero-order chi connectivity index (χ0) is 14.5. The van der Waals surface area contributed by atoms with Gasteiger partial charge >= 0.3 is 0 Å². The van der Waals surface area contributed by atoms with Gasteiger partial charge in [0.2, 0.25) is 0 Å². The standard InChI is InChI=1S/C17H21NO2/c1-4-5-7-14-8-6-9-15(11-14)18-17(19)16-10-12(2)20-13(16)3/h6,8-11H,4-5,7H2,1-3H3,(H,18,19). The number of carbonyl (C=O) groups excluding carboxylic acids is 1. The summed E-state index contributed by atoms with van der Waals surface area (Å²) < 4.78 is 5.39. The van der Waals surface area contributed by atoms with E-state index < -0.39 is 0 Å². The second kappa shape index (κ2) is 6.42. The second-order valence-corrected chi connectivity index (χ2v) is 5.08. The Kier molecular flexibility index (Phi) is 4.61. The van der Waals surface area contributed by atoms with Gasteiger partial charge in [0.15, 0.2) is 0 Å². The van der Waals surface area contributed by atoms with Gasteiger partial charge in [-0.15, -0.1) is 0 Å². The molecule has 0 aliphatic carbocycles. The number of rotatable bonds is 5. The van der Waals surface area contributed by atoms with E-state index in [1.165, 1.54) is 12.0 Å². The van der Waals surface area contributed by atoms with Crippen LogP contribution in [0.2, 0.25) is 0 Å². The van der Waals surface area contributed by atoms with Crippen molar-refractivity contribution in [2.24, 2.45) is 0 Å². The number of nitrogens with one attached hydrogen (secondary N) is 1. The Balaban J connectivity index is 2.09. The van der Waals surface area contributed by atoms with Crippen LogP contribution in [0.1, 0.15) is 47.2 Å². The molecular weight excluding hydrogens is 250 g/mol. The third-order valence-electron chi connectivity index (χ3n) is 3.29. The number of amides is 1. The summed E-state index contributed by atoms with van der Waals surface area (Å²) >= 11 is 0. The molecule has 3 nitrogen and oxygen atoms in total. The second-order valence-electron chi connectivity index (χ2n) is 5.08.